The lowest BCUT2D eigenvalue weighted by molar-refractivity contribution is -0.116. The highest BCUT2D eigenvalue weighted by atomic mass is 32.1. The summed E-state index contributed by atoms with van der Waals surface area (Å²) in [6, 6.07) is 17.6. The van der Waals surface area contributed by atoms with Crippen molar-refractivity contribution in [1.29, 1.82) is 0 Å². The highest BCUT2D eigenvalue weighted by Crippen LogP contribution is 2.41. The van der Waals surface area contributed by atoms with E-state index in [2.05, 4.69) is 40.1 Å². The summed E-state index contributed by atoms with van der Waals surface area (Å²) < 4.78 is 21.8. The molecule has 5 rings (SSSR count). The Morgan fingerprint density at radius 3 is 2.70 bits per heavy atom. The number of carbonyl (C=O) groups is 1. The standard InChI is InChI=1S/C28H28FN5O2S/c1-18-16-21(19(2)34(18)17-20-8-7-15-36-20)27-26(24-11-5-6-13-30-24)32-28(37)33(27)14-12-25(35)31-23-10-4-3-9-22(23)29/h3-11,13,15-16,26-27H,12,14,17H2,1-2H3,(H,31,35)(H,32,37)/t26-,27+/m0/s1. The maximum absolute atomic E-state index is 14.0. The summed E-state index contributed by atoms with van der Waals surface area (Å²) in [5.74, 6) is 0.124. The van der Waals surface area contributed by atoms with Gasteiger partial charge >= 0.3 is 0 Å². The zero-order valence-electron chi connectivity index (χ0n) is 20.6. The highest BCUT2D eigenvalue weighted by Gasteiger charge is 2.41. The molecule has 9 heteroatoms. The number of aromatic nitrogens is 2. The molecule has 1 amide bonds. The molecule has 3 aromatic heterocycles. The maximum atomic E-state index is 14.0. The molecule has 0 spiro atoms. The number of rotatable bonds is 8. The van der Waals surface area contributed by atoms with Gasteiger partial charge in [0.05, 0.1) is 36.3 Å². The third-order valence-electron chi connectivity index (χ3n) is 6.75. The average Bonchev–Trinajstić information content (AvgIpc) is 3.60. The number of nitrogens with one attached hydrogen (secondary N) is 2. The lowest BCUT2D eigenvalue weighted by Crippen LogP contribution is -2.33. The Bertz CT molecular complexity index is 1400. The van der Waals surface area contributed by atoms with Crippen LogP contribution in [0.4, 0.5) is 10.1 Å². The monoisotopic (exact) mass is 517 g/mol. The zero-order chi connectivity index (χ0) is 25.9. The molecule has 1 fully saturated rings. The number of pyridine rings is 1. The second kappa shape index (κ2) is 10.6. The summed E-state index contributed by atoms with van der Waals surface area (Å²) in [7, 11) is 0. The molecule has 0 aliphatic carbocycles. The van der Waals surface area contributed by atoms with Gasteiger partial charge in [0.25, 0.3) is 0 Å². The van der Waals surface area contributed by atoms with Gasteiger partial charge in [0.2, 0.25) is 5.91 Å². The molecule has 0 bridgehead atoms. The fraction of sp³-hybridized carbons (Fsp3) is 0.250. The normalized spacial score (nSPS) is 17.2. The fourth-order valence-electron chi connectivity index (χ4n) is 4.91. The zero-order valence-corrected chi connectivity index (χ0v) is 21.5. The first kappa shape index (κ1) is 24.7. The minimum Gasteiger partial charge on any atom is -0.467 e. The summed E-state index contributed by atoms with van der Waals surface area (Å²) in [5, 5.41) is 6.64. The van der Waals surface area contributed by atoms with Crippen LogP contribution in [-0.2, 0) is 11.3 Å². The molecule has 1 aliphatic rings. The number of furan rings is 1. The fourth-order valence-corrected chi connectivity index (χ4v) is 5.24. The molecule has 0 radical (unpaired) electrons. The number of nitrogens with zero attached hydrogens (tertiary/aromatic N) is 3. The van der Waals surface area contributed by atoms with E-state index in [0.29, 0.717) is 18.2 Å². The average molecular weight is 518 g/mol. The van der Waals surface area contributed by atoms with Crippen molar-refractivity contribution in [3.8, 4) is 0 Å². The smallest absolute Gasteiger partial charge is 0.226 e. The van der Waals surface area contributed by atoms with Gasteiger partial charge in [0, 0.05) is 30.6 Å². The van der Waals surface area contributed by atoms with Gasteiger partial charge < -0.3 is 24.5 Å². The Balaban J connectivity index is 1.43. The van der Waals surface area contributed by atoms with Gasteiger partial charge in [-0.25, -0.2) is 4.39 Å². The van der Waals surface area contributed by atoms with E-state index in [0.717, 1.165) is 28.4 Å². The van der Waals surface area contributed by atoms with Gasteiger partial charge in [-0.3, -0.25) is 9.78 Å². The van der Waals surface area contributed by atoms with E-state index in [4.69, 9.17) is 16.6 Å². The Morgan fingerprint density at radius 2 is 1.97 bits per heavy atom. The lowest BCUT2D eigenvalue weighted by Gasteiger charge is -2.28. The Labute approximate surface area is 220 Å². The summed E-state index contributed by atoms with van der Waals surface area (Å²) in [6.45, 7) is 5.14. The van der Waals surface area contributed by atoms with Crippen LogP contribution in [0.15, 0.2) is 77.5 Å². The van der Waals surface area contributed by atoms with Crippen LogP contribution in [0.1, 0.15) is 46.9 Å². The summed E-state index contributed by atoms with van der Waals surface area (Å²) >= 11 is 5.75. The topological polar surface area (TPSA) is 75.3 Å². The number of hydrogen-bond donors (Lipinski definition) is 2. The largest absolute Gasteiger partial charge is 0.467 e. The van der Waals surface area contributed by atoms with Crippen molar-refractivity contribution in [1.82, 2.24) is 19.8 Å². The van der Waals surface area contributed by atoms with E-state index in [-0.39, 0.29) is 30.1 Å². The predicted octanol–water partition coefficient (Wildman–Crippen LogP) is 5.28. The SMILES string of the molecule is Cc1cc([C@@H]2[C@H](c3ccccn3)NC(=S)N2CCC(=O)Nc2ccccc2F)c(C)n1Cc1ccco1. The molecule has 4 aromatic rings. The van der Waals surface area contributed by atoms with Crippen molar-refractivity contribution in [2.45, 2.75) is 38.9 Å². The Hall–Kier alpha value is -3.98. The number of halogens is 1. The molecule has 37 heavy (non-hydrogen) atoms. The van der Waals surface area contributed by atoms with Crippen molar-refractivity contribution < 1.29 is 13.6 Å². The van der Waals surface area contributed by atoms with Crippen molar-refractivity contribution >= 4 is 28.9 Å². The molecule has 0 saturated carbocycles. The van der Waals surface area contributed by atoms with Crippen molar-refractivity contribution in [2.24, 2.45) is 0 Å². The molecule has 4 heterocycles. The number of carbonyl (C=O) groups excluding carboxylic acids is 1. The Morgan fingerprint density at radius 1 is 1.16 bits per heavy atom. The number of aryl methyl sites for hydroxylation is 1. The molecule has 2 N–H and O–H groups in total. The molecule has 190 valence electrons. The molecule has 1 saturated heterocycles. The highest BCUT2D eigenvalue weighted by molar-refractivity contribution is 7.80. The number of anilines is 1. The first-order valence-electron chi connectivity index (χ1n) is 12.1. The first-order valence-corrected chi connectivity index (χ1v) is 12.5. The van der Waals surface area contributed by atoms with Gasteiger partial charge in [0.15, 0.2) is 5.11 Å². The van der Waals surface area contributed by atoms with Crippen LogP contribution in [0.25, 0.3) is 0 Å². The van der Waals surface area contributed by atoms with Crippen LogP contribution in [0.5, 0.6) is 0 Å². The van der Waals surface area contributed by atoms with Crippen molar-refractivity contribution in [2.75, 3.05) is 11.9 Å². The van der Waals surface area contributed by atoms with Crippen LogP contribution in [0.2, 0.25) is 0 Å². The predicted molar refractivity (Wildman–Crippen MR) is 144 cm³/mol. The van der Waals surface area contributed by atoms with Gasteiger partial charge in [-0.05, 0) is 74.1 Å². The van der Waals surface area contributed by atoms with Crippen LogP contribution in [0.3, 0.4) is 0 Å². The summed E-state index contributed by atoms with van der Waals surface area (Å²) in [4.78, 5) is 19.4. The number of hydrogen-bond acceptors (Lipinski definition) is 4. The quantitative estimate of drug-likeness (QED) is 0.310. The van der Waals surface area contributed by atoms with Crippen LogP contribution in [-0.4, -0.2) is 32.0 Å². The van der Waals surface area contributed by atoms with E-state index in [9.17, 15) is 9.18 Å². The molecule has 1 aromatic carbocycles. The first-order chi connectivity index (χ1) is 17.9. The van der Waals surface area contributed by atoms with Gasteiger partial charge in [-0.2, -0.15) is 0 Å². The maximum Gasteiger partial charge on any atom is 0.226 e. The number of para-hydroxylation sites is 1. The molecule has 7 nitrogen and oxygen atoms in total. The van der Waals surface area contributed by atoms with E-state index < -0.39 is 5.82 Å². The number of thiocarbonyl (C=S) groups is 1. The number of benzene rings is 1. The van der Waals surface area contributed by atoms with E-state index >= 15 is 0 Å². The van der Waals surface area contributed by atoms with E-state index in [1.54, 1.807) is 30.7 Å². The molecule has 0 unspecified atom stereocenters. The third-order valence-corrected chi connectivity index (χ3v) is 7.10. The third kappa shape index (κ3) is 5.13. The number of amides is 1. The second-order valence-corrected chi connectivity index (χ2v) is 9.48. The van der Waals surface area contributed by atoms with Crippen LogP contribution in [0, 0.1) is 19.7 Å². The summed E-state index contributed by atoms with van der Waals surface area (Å²) in [5.41, 5.74) is 4.32. The van der Waals surface area contributed by atoms with Crippen molar-refractivity contribution in [3.05, 3.63) is 107 Å². The minimum atomic E-state index is -0.466. The van der Waals surface area contributed by atoms with E-state index in [1.165, 1.54) is 6.07 Å². The van der Waals surface area contributed by atoms with Crippen LogP contribution >= 0.6 is 12.2 Å². The lowest BCUT2D eigenvalue weighted by atomic mass is 9.96. The second-order valence-electron chi connectivity index (χ2n) is 9.09. The summed E-state index contributed by atoms with van der Waals surface area (Å²) in [6.07, 6.45) is 3.59. The molecule has 2 atom stereocenters. The van der Waals surface area contributed by atoms with Crippen LogP contribution < -0.4 is 10.6 Å². The minimum absolute atomic E-state index is 0.146. The van der Waals surface area contributed by atoms with Gasteiger partial charge in [0.1, 0.15) is 11.6 Å². The molecular weight excluding hydrogens is 489 g/mol. The van der Waals surface area contributed by atoms with Gasteiger partial charge in [-0.1, -0.05) is 18.2 Å². The van der Waals surface area contributed by atoms with Gasteiger partial charge in [-0.15, -0.1) is 0 Å². The van der Waals surface area contributed by atoms with E-state index in [1.807, 2.05) is 35.2 Å². The Kier molecular flexibility index (Phi) is 7.05. The van der Waals surface area contributed by atoms with Crippen molar-refractivity contribution in [3.63, 3.8) is 0 Å². The molecule has 1 aliphatic heterocycles. The molecular formula is C28H28FN5O2S.